The van der Waals surface area contributed by atoms with Crippen molar-refractivity contribution in [2.45, 2.75) is 51.1 Å². The van der Waals surface area contributed by atoms with Crippen LogP contribution in [-0.2, 0) is 27.9 Å². The molecule has 2 aromatic rings. The van der Waals surface area contributed by atoms with Crippen molar-refractivity contribution in [3.05, 3.63) is 34.0 Å². The highest BCUT2D eigenvalue weighted by Gasteiger charge is 2.38. The van der Waals surface area contributed by atoms with E-state index in [1.165, 1.54) is 15.2 Å². The molecule has 0 spiro atoms. The first kappa shape index (κ1) is 25.7. The van der Waals surface area contributed by atoms with Crippen LogP contribution in [0.3, 0.4) is 0 Å². The smallest absolute Gasteiger partial charge is 0.329 e. The number of carbonyl (C=O) groups excluding carboxylic acids is 2. The summed E-state index contributed by atoms with van der Waals surface area (Å²) < 4.78 is 23.7. The minimum atomic E-state index is -1.31. The maximum absolute atomic E-state index is 15.5. The molecule has 35 heavy (non-hydrogen) atoms. The van der Waals surface area contributed by atoms with Crippen LogP contribution in [0.5, 0.6) is 0 Å². The van der Waals surface area contributed by atoms with Crippen molar-refractivity contribution in [1.29, 1.82) is 0 Å². The van der Waals surface area contributed by atoms with E-state index in [1.807, 2.05) is 6.07 Å². The number of hydrogen-bond donors (Lipinski definition) is 1. The van der Waals surface area contributed by atoms with Crippen LogP contribution in [0.4, 0.5) is 4.39 Å². The molecule has 0 radical (unpaired) electrons. The number of aromatic nitrogens is 2. The third kappa shape index (κ3) is 5.58. The van der Waals surface area contributed by atoms with Crippen LogP contribution in [0.15, 0.2) is 16.9 Å². The molecule has 192 valence electrons. The molecule has 0 aliphatic carbocycles. The normalized spacial score (nSPS) is 20.3. The zero-order valence-electron chi connectivity index (χ0n) is 21.1. The molecule has 2 aliphatic heterocycles. The van der Waals surface area contributed by atoms with E-state index in [0.717, 1.165) is 42.7 Å². The maximum Gasteiger partial charge on any atom is 0.329 e. The minimum Gasteiger partial charge on any atom is -0.361 e. The molecule has 0 bridgehead atoms. The highest BCUT2D eigenvalue weighted by molar-refractivity contribution is 6.76. The van der Waals surface area contributed by atoms with Gasteiger partial charge in [0, 0.05) is 60.9 Å². The van der Waals surface area contributed by atoms with Gasteiger partial charge >= 0.3 is 5.69 Å². The SMILES string of the molecule is Cn1c(=O)n(C2CCC(=O)N(COCC[Si](C)(C)C)C2=O)c2c(F)cc(CN3CCNCC3)cc21. The molecule has 2 saturated heterocycles. The number of aryl methyl sites for hydroxylation is 1. The third-order valence-corrected chi connectivity index (χ3v) is 8.53. The molecule has 2 aliphatic rings. The zero-order chi connectivity index (χ0) is 25.3. The Kier molecular flexibility index (Phi) is 7.60. The molecule has 1 unspecified atom stereocenters. The number of piperidine rings is 1. The summed E-state index contributed by atoms with van der Waals surface area (Å²) in [4.78, 5) is 42.3. The van der Waals surface area contributed by atoms with Gasteiger partial charge in [-0.05, 0) is 30.2 Å². The lowest BCUT2D eigenvalue weighted by molar-refractivity contribution is -0.157. The molecule has 2 amide bonds. The number of imide groups is 1. The Balaban J connectivity index is 1.59. The number of piperazine rings is 1. The Bertz CT molecular complexity index is 1170. The van der Waals surface area contributed by atoms with Crippen LogP contribution in [0.1, 0.15) is 24.4 Å². The molecule has 1 aromatic carbocycles. The van der Waals surface area contributed by atoms with Crippen LogP contribution in [0, 0.1) is 5.82 Å². The summed E-state index contributed by atoms with van der Waals surface area (Å²) in [5.74, 6) is -1.38. The van der Waals surface area contributed by atoms with Crippen molar-refractivity contribution in [3.8, 4) is 0 Å². The van der Waals surface area contributed by atoms with Gasteiger partial charge in [-0.3, -0.25) is 28.5 Å². The number of rotatable bonds is 8. The molecule has 3 heterocycles. The van der Waals surface area contributed by atoms with Crippen molar-refractivity contribution >= 4 is 30.9 Å². The number of hydrogen-bond acceptors (Lipinski definition) is 6. The van der Waals surface area contributed by atoms with Crippen LogP contribution in [0.2, 0.25) is 25.7 Å². The third-order valence-electron chi connectivity index (χ3n) is 6.83. The lowest BCUT2D eigenvalue weighted by atomic mass is 10.0. The van der Waals surface area contributed by atoms with Gasteiger partial charge in [0.2, 0.25) is 5.91 Å². The Hall–Kier alpha value is -2.34. The molecule has 0 saturated carbocycles. The van der Waals surface area contributed by atoms with Crippen molar-refractivity contribution in [3.63, 3.8) is 0 Å². The largest absolute Gasteiger partial charge is 0.361 e. The molecule has 1 atom stereocenters. The molecular formula is C24H36FN5O4Si. The summed E-state index contributed by atoms with van der Waals surface area (Å²) in [5, 5.41) is 3.30. The summed E-state index contributed by atoms with van der Waals surface area (Å²) in [5.41, 5.74) is 0.870. The van der Waals surface area contributed by atoms with E-state index in [-0.39, 0.29) is 31.0 Å². The Morgan fingerprint density at radius 1 is 1.14 bits per heavy atom. The summed E-state index contributed by atoms with van der Waals surface area (Å²) in [6.45, 7) is 11.1. The van der Waals surface area contributed by atoms with E-state index >= 15 is 4.39 Å². The molecule has 1 N–H and O–H groups in total. The van der Waals surface area contributed by atoms with Gasteiger partial charge < -0.3 is 10.1 Å². The number of carbonyl (C=O) groups is 2. The molecule has 2 fully saturated rings. The number of ether oxygens (including phenoxy) is 1. The van der Waals surface area contributed by atoms with E-state index in [0.29, 0.717) is 18.7 Å². The molecule has 11 heteroatoms. The number of amides is 2. The Morgan fingerprint density at radius 3 is 2.54 bits per heavy atom. The molecule has 1 aromatic heterocycles. The minimum absolute atomic E-state index is 0.0965. The van der Waals surface area contributed by atoms with Crippen molar-refractivity contribution in [1.82, 2.24) is 24.3 Å². The number of likely N-dealkylation sites (tertiary alicyclic amines) is 1. The second-order valence-corrected chi connectivity index (χ2v) is 16.4. The lowest BCUT2D eigenvalue weighted by Gasteiger charge is -2.31. The van der Waals surface area contributed by atoms with E-state index in [2.05, 4.69) is 29.9 Å². The fourth-order valence-corrected chi connectivity index (χ4v) is 5.49. The van der Waals surface area contributed by atoms with Gasteiger partial charge in [-0.2, -0.15) is 0 Å². The average molecular weight is 506 g/mol. The average Bonchev–Trinajstić information content (AvgIpc) is 3.04. The number of fused-ring (bicyclic) bond motifs is 1. The maximum atomic E-state index is 15.5. The second kappa shape index (κ2) is 10.3. The number of nitrogens with zero attached hydrogens (tertiary/aromatic N) is 4. The van der Waals surface area contributed by atoms with Crippen LogP contribution >= 0.6 is 0 Å². The predicted molar refractivity (Wildman–Crippen MR) is 134 cm³/mol. The summed E-state index contributed by atoms with van der Waals surface area (Å²) in [7, 11) is 0.274. The zero-order valence-corrected chi connectivity index (χ0v) is 22.1. The standard InChI is InChI=1S/C24H36FN5O4Si/c1-27-20-14-17(15-28-9-7-26-8-10-28)13-18(25)22(20)30(24(27)33)19-5-6-21(31)29(23(19)32)16-34-11-12-35(2,3)4/h13-14,19,26H,5-12,15-16H2,1-4H3. The highest BCUT2D eigenvalue weighted by atomic mass is 28.3. The Labute approximate surface area is 205 Å². The van der Waals surface area contributed by atoms with Crippen LogP contribution < -0.4 is 11.0 Å². The van der Waals surface area contributed by atoms with Gasteiger partial charge in [0.25, 0.3) is 5.91 Å². The summed E-state index contributed by atoms with van der Waals surface area (Å²) in [6, 6.07) is 3.25. The van der Waals surface area contributed by atoms with E-state index in [1.54, 1.807) is 7.05 Å². The summed E-state index contributed by atoms with van der Waals surface area (Å²) in [6.07, 6.45) is 0.253. The van der Waals surface area contributed by atoms with Crippen LogP contribution in [-0.4, -0.2) is 78.3 Å². The number of benzene rings is 1. The fraction of sp³-hybridized carbons (Fsp3) is 0.625. The lowest BCUT2D eigenvalue weighted by Crippen LogP contribution is -2.48. The molecule has 4 rings (SSSR count). The van der Waals surface area contributed by atoms with Gasteiger partial charge in [-0.25, -0.2) is 9.18 Å². The van der Waals surface area contributed by atoms with Crippen LogP contribution in [0.25, 0.3) is 11.0 Å². The van der Waals surface area contributed by atoms with Gasteiger partial charge in [-0.15, -0.1) is 0 Å². The number of nitrogens with one attached hydrogen (secondary N) is 1. The first-order chi connectivity index (χ1) is 16.6. The van der Waals surface area contributed by atoms with E-state index < -0.39 is 31.5 Å². The van der Waals surface area contributed by atoms with Crippen molar-refractivity contribution < 1.29 is 18.7 Å². The fourth-order valence-electron chi connectivity index (χ4n) is 4.73. The van der Waals surface area contributed by atoms with Gasteiger partial charge in [0.05, 0.1) is 5.52 Å². The molecular weight excluding hydrogens is 469 g/mol. The van der Waals surface area contributed by atoms with Crippen molar-refractivity contribution in [2.75, 3.05) is 39.5 Å². The summed E-state index contributed by atoms with van der Waals surface area (Å²) >= 11 is 0. The first-order valence-electron chi connectivity index (χ1n) is 12.3. The molecule has 9 nitrogen and oxygen atoms in total. The topological polar surface area (TPSA) is 88.8 Å². The highest BCUT2D eigenvalue weighted by Crippen LogP contribution is 2.29. The monoisotopic (exact) mass is 505 g/mol. The van der Waals surface area contributed by atoms with Gasteiger partial charge in [0.1, 0.15) is 24.1 Å². The number of imidazole rings is 1. The quantitative estimate of drug-likeness (QED) is 0.335. The van der Waals surface area contributed by atoms with E-state index in [9.17, 15) is 14.4 Å². The number of halogens is 1. The first-order valence-corrected chi connectivity index (χ1v) is 16.0. The van der Waals surface area contributed by atoms with Gasteiger partial charge in [-0.1, -0.05) is 19.6 Å². The predicted octanol–water partition coefficient (Wildman–Crippen LogP) is 1.89. The second-order valence-electron chi connectivity index (χ2n) is 10.7. The van der Waals surface area contributed by atoms with Gasteiger partial charge in [0.15, 0.2) is 0 Å². The Morgan fingerprint density at radius 2 is 1.86 bits per heavy atom. The van der Waals surface area contributed by atoms with Crippen molar-refractivity contribution in [2.24, 2.45) is 7.05 Å². The van der Waals surface area contributed by atoms with E-state index in [4.69, 9.17) is 4.74 Å².